The molecule has 2 atom stereocenters. The number of ether oxygens (including phenoxy) is 1. The third kappa shape index (κ3) is 0.775. The first-order chi connectivity index (χ1) is 4.20. The molecule has 2 fully saturated rings. The van der Waals surface area contributed by atoms with Crippen LogP contribution in [0.1, 0.15) is 20.3 Å². The topological polar surface area (TPSA) is 24.6 Å². The van der Waals surface area contributed by atoms with E-state index in [1.54, 1.807) is 0 Å². The number of hydrogen-bond donors (Lipinski definition) is 1. The fraction of sp³-hybridized carbons (Fsp3) is 1.00. The molecule has 0 aliphatic carbocycles. The van der Waals surface area contributed by atoms with E-state index in [1.165, 1.54) is 6.42 Å². The van der Waals surface area contributed by atoms with Crippen LogP contribution in [0.3, 0.4) is 0 Å². The van der Waals surface area contributed by atoms with Crippen molar-refractivity contribution in [2.24, 2.45) is 5.41 Å². The molecule has 0 spiro atoms. The van der Waals surface area contributed by atoms with Crippen LogP contribution in [0.15, 0.2) is 0 Å². The molecule has 0 aromatic rings. The van der Waals surface area contributed by atoms with Crippen LogP contribution in [-0.2, 0) is 4.74 Å². The second-order valence-corrected chi connectivity index (χ2v) is 3.67. The molecule has 52 valence electrons. The van der Waals surface area contributed by atoms with E-state index in [0.29, 0.717) is 17.7 Å². The minimum absolute atomic E-state index is 0.397. The number of nitrogens with one attached hydrogen (secondary N) is 1. The van der Waals surface area contributed by atoms with Crippen molar-refractivity contribution in [2.75, 3.05) is 6.54 Å². The Kier molecular flexibility index (Phi) is 0.945. The molecule has 0 saturated carbocycles. The van der Waals surface area contributed by atoms with E-state index in [0.717, 1.165) is 6.54 Å². The molecule has 0 radical (unpaired) electrons. The molecule has 9 heavy (non-hydrogen) atoms. The summed E-state index contributed by atoms with van der Waals surface area (Å²) in [4.78, 5) is 0. The zero-order valence-electron chi connectivity index (χ0n) is 5.98. The van der Waals surface area contributed by atoms with Gasteiger partial charge in [0.05, 0.1) is 0 Å². The van der Waals surface area contributed by atoms with Gasteiger partial charge in [-0.25, -0.2) is 0 Å². The average molecular weight is 127 g/mol. The highest BCUT2D eigenvalue weighted by Crippen LogP contribution is 2.42. The Bertz CT molecular complexity index is 133. The molecule has 2 aliphatic heterocycles. The monoisotopic (exact) mass is 127 g/mol. The molecule has 0 bridgehead atoms. The van der Waals surface area contributed by atoms with E-state index in [4.69, 9.17) is 4.74 Å². The minimum atomic E-state index is 0.397. The highest BCUT2D eigenvalue weighted by Gasteiger charge is 2.51. The van der Waals surface area contributed by atoms with E-state index < -0.39 is 0 Å². The lowest BCUT2D eigenvalue weighted by Crippen LogP contribution is -2.37. The summed E-state index contributed by atoms with van der Waals surface area (Å²) in [7, 11) is 0. The number of piperidine rings is 1. The van der Waals surface area contributed by atoms with Crippen LogP contribution >= 0.6 is 0 Å². The minimum Gasteiger partial charge on any atom is -0.353 e. The van der Waals surface area contributed by atoms with Gasteiger partial charge >= 0.3 is 0 Å². The van der Waals surface area contributed by atoms with Gasteiger partial charge in [-0.1, -0.05) is 13.8 Å². The summed E-state index contributed by atoms with van der Waals surface area (Å²) in [6.45, 7) is 5.67. The van der Waals surface area contributed by atoms with Gasteiger partial charge in [0.1, 0.15) is 12.3 Å². The van der Waals surface area contributed by atoms with Gasteiger partial charge in [-0.2, -0.15) is 0 Å². The normalized spacial score (nSPS) is 46.0. The van der Waals surface area contributed by atoms with Gasteiger partial charge in [0.25, 0.3) is 0 Å². The standard InChI is InChI=1S/C7H13NO/c1-7(2)3-4-8-6-5(7)9-6/h5-6,8H,3-4H2,1-2H3. The largest absolute Gasteiger partial charge is 0.353 e. The van der Waals surface area contributed by atoms with E-state index in [9.17, 15) is 0 Å². The van der Waals surface area contributed by atoms with Crippen molar-refractivity contribution in [2.45, 2.75) is 32.6 Å². The third-order valence-corrected chi connectivity index (χ3v) is 2.38. The van der Waals surface area contributed by atoms with Crippen LogP contribution in [0.2, 0.25) is 0 Å². The Balaban J connectivity index is 2.09. The number of rotatable bonds is 0. The molecular weight excluding hydrogens is 114 g/mol. The fourth-order valence-electron chi connectivity index (χ4n) is 1.54. The van der Waals surface area contributed by atoms with Crippen molar-refractivity contribution in [1.82, 2.24) is 5.32 Å². The second-order valence-electron chi connectivity index (χ2n) is 3.67. The molecule has 2 nitrogen and oxygen atoms in total. The van der Waals surface area contributed by atoms with Crippen molar-refractivity contribution in [3.8, 4) is 0 Å². The summed E-state index contributed by atoms with van der Waals surface area (Å²) in [5.74, 6) is 0. The second kappa shape index (κ2) is 1.50. The molecule has 0 aromatic heterocycles. The van der Waals surface area contributed by atoms with E-state index in [2.05, 4.69) is 19.2 Å². The Hall–Kier alpha value is -0.0800. The molecule has 0 amide bonds. The SMILES string of the molecule is CC1(C)CCNC2OC21. The highest BCUT2D eigenvalue weighted by molar-refractivity contribution is 4.98. The van der Waals surface area contributed by atoms with Gasteiger partial charge < -0.3 is 4.74 Å². The summed E-state index contributed by atoms with van der Waals surface area (Å²) in [6.07, 6.45) is 2.15. The fourth-order valence-corrected chi connectivity index (χ4v) is 1.54. The van der Waals surface area contributed by atoms with Gasteiger partial charge in [-0.05, 0) is 18.4 Å². The van der Waals surface area contributed by atoms with Crippen molar-refractivity contribution >= 4 is 0 Å². The zero-order valence-corrected chi connectivity index (χ0v) is 5.98. The number of epoxide rings is 1. The predicted octanol–water partition coefficient (Wildman–Crippen LogP) is 0.731. The highest BCUT2D eigenvalue weighted by atomic mass is 16.6. The molecule has 2 heteroatoms. The molecular formula is C7H13NO. The smallest absolute Gasteiger partial charge is 0.135 e. The Labute approximate surface area is 55.6 Å². The van der Waals surface area contributed by atoms with Crippen molar-refractivity contribution < 1.29 is 4.74 Å². The number of hydrogen-bond acceptors (Lipinski definition) is 2. The Morgan fingerprint density at radius 3 is 2.89 bits per heavy atom. The predicted molar refractivity (Wildman–Crippen MR) is 35.1 cm³/mol. The molecule has 2 unspecified atom stereocenters. The lowest BCUT2D eigenvalue weighted by molar-refractivity contribution is 0.234. The van der Waals surface area contributed by atoms with Gasteiger partial charge in [0, 0.05) is 0 Å². The summed E-state index contributed by atoms with van der Waals surface area (Å²) in [6, 6.07) is 0. The molecule has 2 aliphatic rings. The number of fused-ring (bicyclic) bond motifs is 1. The van der Waals surface area contributed by atoms with Crippen LogP contribution in [-0.4, -0.2) is 18.9 Å². The lowest BCUT2D eigenvalue weighted by Gasteiger charge is -2.25. The first-order valence-corrected chi connectivity index (χ1v) is 3.59. The Morgan fingerprint density at radius 2 is 2.33 bits per heavy atom. The maximum atomic E-state index is 5.38. The van der Waals surface area contributed by atoms with E-state index in [-0.39, 0.29) is 0 Å². The summed E-state index contributed by atoms with van der Waals surface area (Å²) >= 11 is 0. The van der Waals surface area contributed by atoms with E-state index >= 15 is 0 Å². The van der Waals surface area contributed by atoms with Gasteiger partial charge in [-0.15, -0.1) is 0 Å². The van der Waals surface area contributed by atoms with Gasteiger partial charge in [-0.3, -0.25) is 5.32 Å². The first-order valence-electron chi connectivity index (χ1n) is 3.59. The van der Waals surface area contributed by atoms with Crippen LogP contribution in [0.4, 0.5) is 0 Å². The summed E-state index contributed by atoms with van der Waals surface area (Å²) < 4.78 is 5.38. The van der Waals surface area contributed by atoms with E-state index in [1.807, 2.05) is 0 Å². The van der Waals surface area contributed by atoms with Crippen LogP contribution in [0, 0.1) is 5.41 Å². The molecule has 2 saturated heterocycles. The molecule has 2 heterocycles. The quantitative estimate of drug-likeness (QED) is 0.485. The summed E-state index contributed by atoms with van der Waals surface area (Å²) in [5, 5.41) is 3.29. The van der Waals surface area contributed by atoms with Gasteiger partial charge in [0.2, 0.25) is 0 Å². The van der Waals surface area contributed by atoms with Crippen LogP contribution in [0.25, 0.3) is 0 Å². The summed E-state index contributed by atoms with van der Waals surface area (Å²) in [5.41, 5.74) is 0.427. The Morgan fingerprint density at radius 1 is 1.56 bits per heavy atom. The van der Waals surface area contributed by atoms with Gasteiger partial charge in [0.15, 0.2) is 0 Å². The maximum Gasteiger partial charge on any atom is 0.135 e. The van der Waals surface area contributed by atoms with Crippen LogP contribution in [0.5, 0.6) is 0 Å². The zero-order chi connectivity index (χ0) is 6.48. The molecule has 1 N–H and O–H groups in total. The maximum absolute atomic E-state index is 5.38. The third-order valence-electron chi connectivity index (χ3n) is 2.38. The van der Waals surface area contributed by atoms with Crippen LogP contribution < -0.4 is 5.32 Å². The first kappa shape index (κ1) is 5.69. The average Bonchev–Trinajstić information content (AvgIpc) is 2.43. The van der Waals surface area contributed by atoms with Crippen molar-refractivity contribution in [3.05, 3.63) is 0 Å². The van der Waals surface area contributed by atoms with Crippen molar-refractivity contribution in [1.29, 1.82) is 0 Å². The van der Waals surface area contributed by atoms with Crippen molar-refractivity contribution in [3.63, 3.8) is 0 Å². The molecule has 0 aromatic carbocycles. The lowest BCUT2D eigenvalue weighted by atomic mass is 9.83. The molecule has 2 rings (SSSR count).